The molecule has 0 saturated heterocycles. The Morgan fingerprint density at radius 1 is 0.919 bits per heavy atom. The Labute approximate surface area is 229 Å². The fraction of sp³-hybridized carbons (Fsp3) is 0.394. The van der Waals surface area contributed by atoms with Crippen molar-refractivity contribution in [2.45, 2.75) is 72.5 Å². The van der Waals surface area contributed by atoms with E-state index in [0.29, 0.717) is 0 Å². The van der Waals surface area contributed by atoms with Crippen LogP contribution >= 0.6 is 11.3 Å². The van der Waals surface area contributed by atoms with Crippen LogP contribution in [0, 0.1) is 10.8 Å². The number of benzene rings is 3. The van der Waals surface area contributed by atoms with Crippen molar-refractivity contribution < 1.29 is 2.74 Å². The summed E-state index contributed by atoms with van der Waals surface area (Å²) in [5, 5.41) is 5.00. The van der Waals surface area contributed by atoms with Crippen LogP contribution in [-0.2, 0) is 0 Å². The number of hydrogen-bond donors (Lipinski definition) is 0. The van der Waals surface area contributed by atoms with Crippen LogP contribution in [0.4, 0.5) is 0 Å². The van der Waals surface area contributed by atoms with E-state index in [9.17, 15) is 1.37 Å². The molecule has 37 heavy (non-hydrogen) atoms. The van der Waals surface area contributed by atoms with Crippen molar-refractivity contribution >= 4 is 55.7 Å². The Balaban J connectivity index is 1.55. The molecule has 0 atom stereocenters. The molecule has 0 N–H and O–H groups in total. The van der Waals surface area contributed by atoms with E-state index >= 15 is 0 Å². The predicted octanol–water partition coefficient (Wildman–Crippen LogP) is 9.53. The first kappa shape index (κ1) is 22.4. The molecule has 0 radical (unpaired) electrons. The summed E-state index contributed by atoms with van der Waals surface area (Å²) < 4.78 is 20.3. The van der Waals surface area contributed by atoms with Gasteiger partial charge in [-0.3, -0.25) is 0 Å². The third-order valence-corrected chi connectivity index (χ3v) is 11.1. The summed E-state index contributed by atoms with van der Waals surface area (Å²) in [5.41, 5.74) is 4.10. The predicted molar refractivity (Wildman–Crippen MR) is 165 cm³/mol. The van der Waals surface area contributed by atoms with Crippen molar-refractivity contribution in [3.8, 4) is 11.3 Å². The minimum atomic E-state index is -1.64. The monoisotopic (exact) mass is 524 g/mol. The molecule has 190 valence electrons. The maximum atomic E-state index is 9.60. The standard InChI is InChI=1S/C33H38N2SSi/c1-32(2)17-24(18-33(3,4)19-32)21-12-13-26-27(15-21)36-31-29(34-20-35-30(26)31)23-14-22-10-8-9-11-25(22)28(16-23)37(5,6)7/h8-16,20,24H,17-19H2,1-7H3/i20D,24D. The van der Waals surface area contributed by atoms with Crippen molar-refractivity contribution in [3.05, 3.63) is 66.5 Å². The van der Waals surface area contributed by atoms with Gasteiger partial charge in [0.05, 0.1) is 24.0 Å². The van der Waals surface area contributed by atoms with Gasteiger partial charge in [0, 0.05) is 17.0 Å². The molecule has 5 aromatic rings. The van der Waals surface area contributed by atoms with Crippen LogP contribution in [0.25, 0.3) is 42.3 Å². The van der Waals surface area contributed by atoms with Gasteiger partial charge in [-0.25, -0.2) is 9.97 Å². The lowest BCUT2D eigenvalue weighted by Crippen LogP contribution is -2.38. The van der Waals surface area contributed by atoms with Gasteiger partial charge in [-0.05, 0) is 64.5 Å². The molecule has 0 amide bonds. The number of rotatable bonds is 3. The van der Waals surface area contributed by atoms with E-state index in [1.54, 1.807) is 11.3 Å². The lowest BCUT2D eigenvalue weighted by molar-refractivity contribution is 0.0969. The van der Waals surface area contributed by atoms with Crippen LogP contribution in [0.3, 0.4) is 0 Å². The number of hydrogen-bond acceptors (Lipinski definition) is 3. The zero-order valence-corrected chi connectivity index (χ0v) is 24.9. The Hall–Kier alpha value is -2.56. The summed E-state index contributed by atoms with van der Waals surface area (Å²) in [6.07, 6.45) is 2.91. The second kappa shape index (κ2) is 8.47. The van der Waals surface area contributed by atoms with Crippen LogP contribution in [-0.4, -0.2) is 18.0 Å². The van der Waals surface area contributed by atoms with E-state index in [-0.39, 0.29) is 17.1 Å². The highest BCUT2D eigenvalue weighted by Crippen LogP contribution is 2.52. The second-order valence-corrected chi connectivity index (χ2v) is 19.7. The van der Waals surface area contributed by atoms with Crippen LogP contribution < -0.4 is 5.19 Å². The van der Waals surface area contributed by atoms with E-state index in [0.717, 1.165) is 56.4 Å². The number of thiophene rings is 1. The van der Waals surface area contributed by atoms with Gasteiger partial charge >= 0.3 is 0 Å². The average Bonchev–Trinajstić information content (AvgIpc) is 3.17. The van der Waals surface area contributed by atoms with E-state index < -0.39 is 14.0 Å². The van der Waals surface area contributed by atoms with E-state index in [1.165, 1.54) is 16.0 Å². The highest BCUT2D eigenvalue weighted by atomic mass is 32.1. The third kappa shape index (κ3) is 4.53. The molecule has 6 rings (SSSR count). The van der Waals surface area contributed by atoms with Gasteiger partial charge in [0.2, 0.25) is 0 Å². The lowest BCUT2D eigenvalue weighted by Gasteiger charge is -2.45. The quantitative estimate of drug-likeness (QED) is 0.220. The summed E-state index contributed by atoms with van der Waals surface area (Å²) in [6, 6.07) is 19.7. The lowest BCUT2D eigenvalue weighted by atomic mass is 9.60. The molecule has 0 bridgehead atoms. The Kier molecular flexibility index (Phi) is 5.13. The van der Waals surface area contributed by atoms with Crippen LogP contribution in [0.2, 0.25) is 19.6 Å². The van der Waals surface area contributed by atoms with Crippen molar-refractivity contribution in [2.75, 3.05) is 0 Å². The van der Waals surface area contributed by atoms with Crippen molar-refractivity contribution in [1.82, 2.24) is 9.97 Å². The summed E-state index contributed by atoms with van der Waals surface area (Å²) in [7, 11) is -1.64. The molecule has 0 spiro atoms. The van der Waals surface area contributed by atoms with Crippen molar-refractivity contribution in [2.24, 2.45) is 10.8 Å². The minimum Gasteiger partial charge on any atom is -0.235 e. The summed E-state index contributed by atoms with van der Waals surface area (Å²) >= 11 is 1.71. The molecule has 2 nitrogen and oxygen atoms in total. The molecule has 1 aliphatic carbocycles. The maximum Gasteiger partial charge on any atom is 0.116 e. The molecule has 1 saturated carbocycles. The van der Waals surface area contributed by atoms with E-state index in [1.807, 2.05) is 0 Å². The van der Waals surface area contributed by atoms with Gasteiger partial charge in [0.15, 0.2) is 0 Å². The largest absolute Gasteiger partial charge is 0.235 e. The van der Waals surface area contributed by atoms with Gasteiger partial charge in [0.1, 0.15) is 7.67 Å². The van der Waals surface area contributed by atoms with Gasteiger partial charge in [-0.2, -0.15) is 0 Å². The average molecular weight is 525 g/mol. The Bertz CT molecular complexity index is 1750. The molecule has 0 aliphatic heterocycles. The Morgan fingerprint density at radius 3 is 2.38 bits per heavy atom. The Morgan fingerprint density at radius 2 is 1.65 bits per heavy atom. The number of aromatic nitrogens is 2. The molecule has 2 aromatic heterocycles. The molecule has 0 unspecified atom stereocenters. The zero-order chi connectivity index (χ0) is 28.0. The van der Waals surface area contributed by atoms with Gasteiger partial charge in [-0.1, -0.05) is 95.0 Å². The highest BCUT2D eigenvalue weighted by Gasteiger charge is 2.39. The molecule has 3 aromatic carbocycles. The highest BCUT2D eigenvalue weighted by molar-refractivity contribution is 7.26. The topological polar surface area (TPSA) is 25.8 Å². The smallest absolute Gasteiger partial charge is 0.116 e. The molecular weight excluding hydrogens is 485 g/mol. The molecule has 2 heterocycles. The van der Waals surface area contributed by atoms with E-state index in [2.05, 4.69) is 107 Å². The van der Waals surface area contributed by atoms with E-state index in [4.69, 9.17) is 6.35 Å². The fourth-order valence-corrected chi connectivity index (χ4v) is 9.67. The fourth-order valence-electron chi connectivity index (χ4n) is 6.86. The number of nitrogens with zero attached hydrogens (tertiary/aromatic N) is 2. The van der Waals surface area contributed by atoms with Gasteiger partial charge in [-0.15, -0.1) is 11.3 Å². The maximum absolute atomic E-state index is 9.60. The first-order valence-corrected chi connectivity index (χ1v) is 17.7. The molecular formula is C33H38N2SSi. The second-order valence-electron chi connectivity index (χ2n) is 13.6. The SMILES string of the molecule is [2H]c1nc(-c2cc([Si](C)(C)C)c3ccccc3c2)c2sc3cc(C4([2H])CC(C)(C)CC(C)(C)C4)ccc3c2n1. The van der Waals surface area contributed by atoms with Gasteiger partial charge < -0.3 is 0 Å². The van der Waals surface area contributed by atoms with Crippen LogP contribution in [0.5, 0.6) is 0 Å². The van der Waals surface area contributed by atoms with Crippen LogP contribution in [0.15, 0.2) is 60.9 Å². The minimum absolute atomic E-state index is 0.0525. The molecule has 1 fully saturated rings. The summed E-state index contributed by atoms with van der Waals surface area (Å²) in [5.74, 6) is -0.616. The summed E-state index contributed by atoms with van der Waals surface area (Å²) in [4.78, 5) is 9.32. The first-order valence-electron chi connectivity index (χ1n) is 14.4. The molecule has 4 heteroatoms. The first-order chi connectivity index (χ1) is 18.1. The summed E-state index contributed by atoms with van der Waals surface area (Å²) in [6.45, 7) is 16.4. The number of fused-ring (bicyclic) bond motifs is 4. The van der Waals surface area contributed by atoms with Crippen molar-refractivity contribution in [1.29, 1.82) is 0 Å². The van der Waals surface area contributed by atoms with Crippen molar-refractivity contribution in [3.63, 3.8) is 0 Å². The third-order valence-electron chi connectivity index (χ3n) is 7.90. The van der Waals surface area contributed by atoms with Crippen LogP contribution in [0.1, 0.15) is 61.2 Å². The van der Waals surface area contributed by atoms with Gasteiger partial charge in [0.25, 0.3) is 0 Å². The normalized spacial score (nSPS) is 19.8. The molecule has 1 aliphatic rings. The zero-order valence-electron chi connectivity index (χ0n) is 25.1.